The molecule has 0 aliphatic heterocycles. The number of esters is 1. The Labute approximate surface area is 195 Å². The van der Waals surface area contributed by atoms with E-state index < -0.39 is 11.6 Å². The van der Waals surface area contributed by atoms with Gasteiger partial charge in [-0.05, 0) is 62.4 Å². The van der Waals surface area contributed by atoms with Crippen molar-refractivity contribution in [2.75, 3.05) is 0 Å². The molecule has 32 heavy (non-hydrogen) atoms. The van der Waals surface area contributed by atoms with Gasteiger partial charge in [0.2, 0.25) is 5.88 Å². The van der Waals surface area contributed by atoms with Crippen molar-refractivity contribution in [2.24, 2.45) is 5.92 Å². The molecule has 0 fully saturated rings. The molecule has 6 heteroatoms. The van der Waals surface area contributed by atoms with Crippen molar-refractivity contribution in [2.45, 2.75) is 65.9 Å². The fourth-order valence-corrected chi connectivity index (χ4v) is 3.29. The summed E-state index contributed by atoms with van der Waals surface area (Å²) in [7, 11) is 0. The molecule has 2 rings (SSSR count). The second-order valence-corrected chi connectivity index (χ2v) is 9.30. The Kier molecular flexibility index (Phi) is 9.45. The number of ketones is 1. The molecule has 0 aliphatic rings. The van der Waals surface area contributed by atoms with Crippen LogP contribution in [0.5, 0.6) is 11.6 Å². The molecule has 0 N–H and O–H groups in total. The van der Waals surface area contributed by atoms with Gasteiger partial charge >= 0.3 is 5.97 Å². The first-order valence-corrected chi connectivity index (χ1v) is 11.3. The van der Waals surface area contributed by atoms with Crippen LogP contribution in [-0.2, 0) is 20.7 Å². The highest BCUT2D eigenvalue weighted by Crippen LogP contribution is 2.29. The molecule has 0 saturated heterocycles. The summed E-state index contributed by atoms with van der Waals surface area (Å²) in [6.45, 7) is 9.40. The third kappa shape index (κ3) is 9.23. The van der Waals surface area contributed by atoms with Gasteiger partial charge in [0.25, 0.3) is 0 Å². The largest absolute Gasteiger partial charge is 0.460 e. The van der Waals surface area contributed by atoms with Gasteiger partial charge in [-0.1, -0.05) is 50.1 Å². The van der Waals surface area contributed by atoms with Gasteiger partial charge in [-0.25, -0.2) is 4.98 Å². The number of rotatable bonds is 10. The number of allylic oxidation sites excluding steroid dienone is 1. The Hall–Kier alpha value is -2.66. The summed E-state index contributed by atoms with van der Waals surface area (Å²) in [4.78, 5) is 28.2. The number of halogens is 1. The number of hydrogen-bond donors (Lipinski definition) is 0. The first-order chi connectivity index (χ1) is 15.1. The number of Topliss-reactive ketones (excluding diaryl/α,β-unsaturated/α-hetero) is 1. The Morgan fingerprint density at radius 1 is 1.19 bits per heavy atom. The second-order valence-electron chi connectivity index (χ2n) is 8.89. The molecule has 0 saturated carbocycles. The number of hydrogen-bond acceptors (Lipinski definition) is 5. The Balaban J connectivity index is 1.87. The zero-order valence-corrected chi connectivity index (χ0v) is 20.2. The number of pyridine rings is 1. The predicted molar refractivity (Wildman–Crippen MR) is 128 cm³/mol. The van der Waals surface area contributed by atoms with E-state index in [1.807, 2.05) is 43.3 Å². The first-order valence-electron chi connectivity index (χ1n) is 10.9. The SMILES string of the molecule is CCCc1ccc(Oc2ccc(/C=C/[C@H](C)CC(=O)CC(=O)OC(C)(C)C)cn2)c(Cl)c1. The van der Waals surface area contributed by atoms with Gasteiger partial charge in [-0.15, -0.1) is 0 Å². The van der Waals surface area contributed by atoms with Crippen molar-refractivity contribution in [1.82, 2.24) is 4.98 Å². The van der Waals surface area contributed by atoms with E-state index in [0.717, 1.165) is 18.4 Å². The minimum absolute atomic E-state index is 0.0127. The summed E-state index contributed by atoms with van der Waals surface area (Å²) < 4.78 is 11.0. The van der Waals surface area contributed by atoms with Gasteiger partial charge in [0.05, 0.1) is 5.02 Å². The van der Waals surface area contributed by atoms with Gasteiger partial charge in [0.15, 0.2) is 0 Å². The van der Waals surface area contributed by atoms with Crippen LogP contribution in [0.4, 0.5) is 0 Å². The minimum atomic E-state index is -0.588. The number of carbonyl (C=O) groups excluding carboxylic acids is 2. The fourth-order valence-electron chi connectivity index (χ4n) is 3.05. The molecule has 2 aromatic rings. The number of aromatic nitrogens is 1. The number of carbonyl (C=O) groups is 2. The van der Waals surface area contributed by atoms with Crippen LogP contribution in [0, 0.1) is 5.92 Å². The van der Waals surface area contributed by atoms with Crippen LogP contribution < -0.4 is 4.74 Å². The number of aryl methyl sites for hydroxylation is 1. The molecule has 0 aliphatic carbocycles. The summed E-state index contributed by atoms with van der Waals surface area (Å²) >= 11 is 6.31. The van der Waals surface area contributed by atoms with Crippen LogP contribution in [0.25, 0.3) is 6.08 Å². The van der Waals surface area contributed by atoms with Crippen molar-refractivity contribution >= 4 is 29.4 Å². The fraction of sp³-hybridized carbons (Fsp3) is 0.423. The van der Waals surface area contributed by atoms with E-state index in [1.165, 1.54) is 5.56 Å². The maximum Gasteiger partial charge on any atom is 0.313 e. The van der Waals surface area contributed by atoms with E-state index in [1.54, 1.807) is 33.0 Å². The lowest BCUT2D eigenvalue weighted by Crippen LogP contribution is -2.25. The average molecular weight is 458 g/mol. The van der Waals surface area contributed by atoms with E-state index >= 15 is 0 Å². The molecule has 172 valence electrons. The summed E-state index contributed by atoms with van der Waals surface area (Å²) in [6, 6.07) is 9.44. The van der Waals surface area contributed by atoms with Crippen LogP contribution in [0.1, 0.15) is 65.0 Å². The van der Waals surface area contributed by atoms with Crippen LogP contribution in [0.2, 0.25) is 5.02 Å². The van der Waals surface area contributed by atoms with Gasteiger partial charge in [0, 0.05) is 18.7 Å². The summed E-state index contributed by atoms with van der Waals surface area (Å²) in [5.41, 5.74) is 1.47. The quantitative estimate of drug-likeness (QED) is 0.289. The third-order valence-corrected chi connectivity index (χ3v) is 4.73. The molecule has 1 aromatic heterocycles. The Morgan fingerprint density at radius 2 is 1.94 bits per heavy atom. The number of ether oxygens (including phenoxy) is 2. The van der Waals surface area contributed by atoms with Crippen molar-refractivity contribution in [1.29, 1.82) is 0 Å². The van der Waals surface area contributed by atoms with E-state index in [9.17, 15) is 9.59 Å². The van der Waals surface area contributed by atoms with E-state index in [-0.39, 0.29) is 24.5 Å². The molecule has 5 nitrogen and oxygen atoms in total. The predicted octanol–water partition coefficient (Wildman–Crippen LogP) is 6.82. The monoisotopic (exact) mass is 457 g/mol. The lowest BCUT2D eigenvalue weighted by molar-refractivity contribution is -0.156. The van der Waals surface area contributed by atoms with E-state index in [0.29, 0.717) is 16.7 Å². The van der Waals surface area contributed by atoms with Crippen molar-refractivity contribution < 1.29 is 19.1 Å². The van der Waals surface area contributed by atoms with E-state index in [4.69, 9.17) is 21.1 Å². The standard InChI is InChI=1S/C26H32ClNO4/c1-6-7-19-10-12-23(22(27)15-19)31-24-13-11-20(17-28-24)9-8-18(2)14-21(29)16-25(30)32-26(3,4)5/h8-13,15,17-18H,6-7,14,16H2,1-5H3/b9-8+/t18-/m0/s1. The molecule has 0 amide bonds. The van der Waals surface area contributed by atoms with Gasteiger partial charge < -0.3 is 9.47 Å². The smallest absolute Gasteiger partial charge is 0.313 e. The molecule has 1 atom stereocenters. The zero-order valence-electron chi connectivity index (χ0n) is 19.5. The van der Waals surface area contributed by atoms with Crippen molar-refractivity contribution in [3.8, 4) is 11.6 Å². The Morgan fingerprint density at radius 3 is 2.53 bits per heavy atom. The van der Waals surface area contributed by atoms with E-state index in [2.05, 4.69) is 11.9 Å². The molecular formula is C26H32ClNO4. The van der Waals surface area contributed by atoms with Crippen LogP contribution in [0.3, 0.4) is 0 Å². The maximum absolute atomic E-state index is 12.1. The zero-order chi connectivity index (χ0) is 23.7. The van der Waals surface area contributed by atoms with Gasteiger partial charge in [0.1, 0.15) is 23.6 Å². The summed E-state index contributed by atoms with van der Waals surface area (Å²) in [5, 5.41) is 0.562. The highest BCUT2D eigenvalue weighted by Gasteiger charge is 2.19. The molecule has 0 unspecified atom stereocenters. The average Bonchev–Trinajstić information content (AvgIpc) is 2.68. The minimum Gasteiger partial charge on any atom is -0.460 e. The molecule has 1 heterocycles. The normalized spacial score (nSPS) is 12.6. The third-order valence-electron chi connectivity index (χ3n) is 4.44. The number of benzene rings is 1. The van der Waals surface area contributed by atoms with Crippen LogP contribution >= 0.6 is 11.6 Å². The summed E-state index contributed by atoms with van der Waals surface area (Å²) in [5.74, 6) is 0.382. The highest BCUT2D eigenvalue weighted by atomic mass is 35.5. The highest BCUT2D eigenvalue weighted by molar-refractivity contribution is 6.32. The maximum atomic E-state index is 12.1. The summed E-state index contributed by atoms with van der Waals surface area (Å²) in [6.07, 6.45) is 7.62. The molecule has 1 aromatic carbocycles. The topological polar surface area (TPSA) is 65.5 Å². The lowest BCUT2D eigenvalue weighted by atomic mass is 10.0. The van der Waals surface area contributed by atoms with Crippen molar-refractivity contribution in [3.63, 3.8) is 0 Å². The van der Waals surface area contributed by atoms with Gasteiger partial charge in [-0.2, -0.15) is 0 Å². The van der Waals surface area contributed by atoms with Gasteiger partial charge in [-0.3, -0.25) is 9.59 Å². The second kappa shape index (κ2) is 11.8. The molecular weight excluding hydrogens is 426 g/mol. The van der Waals surface area contributed by atoms with Crippen LogP contribution in [0.15, 0.2) is 42.6 Å². The molecule has 0 spiro atoms. The number of nitrogens with zero attached hydrogens (tertiary/aromatic N) is 1. The first kappa shape index (κ1) is 25.6. The molecule has 0 bridgehead atoms. The van der Waals surface area contributed by atoms with Crippen molar-refractivity contribution in [3.05, 3.63) is 58.8 Å². The lowest BCUT2D eigenvalue weighted by Gasteiger charge is -2.19. The van der Waals surface area contributed by atoms with Crippen LogP contribution in [-0.4, -0.2) is 22.3 Å². The molecule has 0 radical (unpaired) electrons. The Bertz CT molecular complexity index is 945.